The highest BCUT2D eigenvalue weighted by Crippen LogP contribution is 2.12. The van der Waals surface area contributed by atoms with Crippen LogP contribution < -0.4 is 5.73 Å². The third-order valence-electron chi connectivity index (χ3n) is 1.87. The van der Waals surface area contributed by atoms with E-state index in [1.807, 2.05) is 44.2 Å². The molecule has 0 heterocycles. The molecule has 0 saturated heterocycles. The summed E-state index contributed by atoms with van der Waals surface area (Å²) in [4.78, 5) is 0. The van der Waals surface area contributed by atoms with Gasteiger partial charge in [0.05, 0.1) is 0 Å². The van der Waals surface area contributed by atoms with Gasteiger partial charge in [0.2, 0.25) is 0 Å². The SMILES string of the molecule is C=C\C=C/C=C\C=C(C)\C(C=C)=C(\C)N. The average Bonchev–Trinajstić information content (AvgIpc) is 2.18. The molecule has 0 rings (SSSR count). The van der Waals surface area contributed by atoms with E-state index in [2.05, 4.69) is 13.2 Å². The molecule has 0 radical (unpaired) electrons. The molecule has 0 amide bonds. The lowest BCUT2D eigenvalue weighted by Crippen LogP contribution is -1.97. The van der Waals surface area contributed by atoms with Crippen LogP contribution >= 0.6 is 0 Å². The van der Waals surface area contributed by atoms with Gasteiger partial charge in [-0.05, 0) is 25.0 Å². The van der Waals surface area contributed by atoms with Crippen LogP contribution in [0.1, 0.15) is 13.8 Å². The first-order valence-corrected chi connectivity index (χ1v) is 4.85. The predicted molar refractivity (Wildman–Crippen MR) is 69.3 cm³/mol. The molecule has 0 aromatic carbocycles. The van der Waals surface area contributed by atoms with Gasteiger partial charge in [-0.3, -0.25) is 0 Å². The van der Waals surface area contributed by atoms with Gasteiger partial charge in [0.25, 0.3) is 0 Å². The van der Waals surface area contributed by atoms with E-state index in [0.717, 1.165) is 16.8 Å². The number of nitrogens with two attached hydrogens (primary N) is 1. The van der Waals surface area contributed by atoms with Crippen LogP contribution in [0.4, 0.5) is 0 Å². The normalized spacial score (nSPS) is 14.4. The third kappa shape index (κ3) is 5.53. The van der Waals surface area contributed by atoms with Gasteiger partial charge >= 0.3 is 0 Å². The molecule has 80 valence electrons. The van der Waals surface area contributed by atoms with Crippen LogP contribution in [-0.4, -0.2) is 0 Å². The molecular weight excluding hydrogens is 182 g/mol. The molecule has 0 aromatic rings. The molecule has 1 nitrogen and oxygen atoms in total. The van der Waals surface area contributed by atoms with E-state index in [-0.39, 0.29) is 0 Å². The van der Waals surface area contributed by atoms with Gasteiger partial charge in [-0.2, -0.15) is 0 Å². The van der Waals surface area contributed by atoms with Gasteiger partial charge in [0, 0.05) is 5.70 Å². The first-order chi connectivity index (χ1) is 7.13. The fourth-order valence-electron chi connectivity index (χ4n) is 1.13. The van der Waals surface area contributed by atoms with Crippen LogP contribution in [-0.2, 0) is 0 Å². The summed E-state index contributed by atoms with van der Waals surface area (Å²) in [5.74, 6) is 0. The Hall–Kier alpha value is -1.76. The zero-order valence-electron chi connectivity index (χ0n) is 9.53. The Kier molecular flexibility index (Phi) is 6.73. The Bertz CT molecular complexity index is 334. The molecule has 0 unspecified atom stereocenters. The van der Waals surface area contributed by atoms with Gasteiger partial charge < -0.3 is 5.73 Å². The minimum atomic E-state index is 0.786. The largest absolute Gasteiger partial charge is 0.402 e. The molecule has 0 spiro atoms. The van der Waals surface area contributed by atoms with Gasteiger partial charge in [0.1, 0.15) is 0 Å². The van der Waals surface area contributed by atoms with Crippen molar-refractivity contribution in [2.75, 3.05) is 0 Å². The quantitative estimate of drug-likeness (QED) is 0.675. The number of hydrogen-bond donors (Lipinski definition) is 1. The lowest BCUT2D eigenvalue weighted by molar-refractivity contribution is 1.24. The monoisotopic (exact) mass is 201 g/mol. The Morgan fingerprint density at radius 3 is 2.07 bits per heavy atom. The molecule has 2 N–H and O–H groups in total. The van der Waals surface area contributed by atoms with E-state index in [1.165, 1.54) is 0 Å². The summed E-state index contributed by atoms with van der Waals surface area (Å²) in [6.45, 7) is 11.2. The average molecular weight is 201 g/mol. The van der Waals surface area contributed by atoms with Crippen molar-refractivity contribution in [2.45, 2.75) is 13.8 Å². The minimum Gasteiger partial charge on any atom is -0.402 e. The topological polar surface area (TPSA) is 26.0 Å². The van der Waals surface area contributed by atoms with Crippen molar-refractivity contribution >= 4 is 0 Å². The Morgan fingerprint density at radius 1 is 1.00 bits per heavy atom. The highest BCUT2D eigenvalue weighted by atomic mass is 14.6. The van der Waals surface area contributed by atoms with Crippen molar-refractivity contribution < 1.29 is 0 Å². The predicted octanol–water partition coefficient (Wildman–Crippen LogP) is 3.65. The number of rotatable bonds is 5. The summed E-state index contributed by atoms with van der Waals surface area (Å²) in [7, 11) is 0. The molecule has 0 aliphatic carbocycles. The van der Waals surface area contributed by atoms with Crippen molar-refractivity contribution in [1.82, 2.24) is 0 Å². The van der Waals surface area contributed by atoms with Crippen LogP contribution in [0.15, 0.2) is 72.5 Å². The second-order valence-electron chi connectivity index (χ2n) is 3.16. The molecule has 0 atom stereocenters. The van der Waals surface area contributed by atoms with E-state index in [4.69, 9.17) is 5.73 Å². The van der Waals surface area contributed by atoms with E-state index in [0.29, 0.717) is 0 Å². The zero-order valence-corrected chi connectivity index (χ0v) is 9.53. The van der Waals surface area contributed by atoms with Crippen molar-refractivity contribution in [3.05, 3.63) is 72.5 Å². The highest BCUT2D eigenvalue weighted by Gasteiger charge is 1.95. The Labute approximate surface area is 92.7 Å². The second kappa shape index (κ2) is 7.63. The van der Waals surface area contributed by atoms with Gasteiger partial charge in [-0.1, -0.05) is 55.7 Å². The first-order valence-electron chi connectivity index (χ1n) is 4.85. The molecule has 0 aliphatic rings. The maximum absolute atomic E-state index is 5.72. The third-order valence-corrected chi connectivity index (χ3v) is 1.87. The molecule has 0 saturated carbocycles. The number of hydrogen-bond acceptors (Lipinski definition) is 1. The molecule has 15 heavy (non-hydrogen) atoms. The lowest BCUT2D eigenvalue weighted by Gasteiger charge is -2.03. The number of allylic oxidation sites excluding steroid dienone is 10. The molecule has 0 fully saturated rings. The van der Waals surface area contributed by atoms with Gasteiger partial charge in [0.15, 0.2) is 0 Å². The van der Waals surface area contributed by atoms with Crippen molar-refractivity contribution in [3.63, 3.8) is 0 Å². The fourth-order valence-corrected chi connectivity index (χ4v) is 1.13. The smallest absolute Gasteiger partial charge is 0.0125 e. The van der Waals surface area contributed by atoms with Crippen LogP contribution in [0.2, 0.25) is 0 Å². The lowest BCUT2D eigenvalue weighted by atomic mass is 10.1. The molecule has 1 heteroatoms. The van der Waals surface area contributed by atoms with Gasteiger partial charge in [-0.25, -0.2) is 0 Å². The molecule has 0 aliphatic heterocycles. The van der Waals surface area contributed by atoms with Crippen LogP contribution in [0.25, 0.3) is 0 Å². The summed E-state index contributed by atoms with van der Waals surface area (Å²) in [6.07, 6.45) is 13.2. The van der Waals surface area contributed by atoms with Crippen molar-refractivity contribution in [3.8, 4) is 0 Å². The van der Waals surface area contributed by atoms with E-state index < -0.39 is 0 Å². The summed E-state index contributed by atoms with van der Waals surface area (Å²) in [5, 5.41) is 0. The zero-order chi connectivity index (χ0) is 11.7. The van der Waals surface area contributed by atoms with Crippen LogP contribution in [0.3, 0.4) is 0 Å². The van der Waals surface area contributed by atoms with E-state index >= 15 is 0 Å². The maximum atomic E-state index is 5.72. The minimum absolute atomic E-state index is 0.786. The molecular formula is C14H19N. The van der Waals surface area contributed by atoms with Crippen LogP contribution in [0.5, 0.6) is 0 Å². The maximum Gasteiger partial charge on any atom is 0.0125 e. The summed E-state index contributed by atoms with van der Waals surface area (Å²) in [6, 6.07) is 0. The standard InChI is InChI=1S/C14H19N/c1-5-7-8-9-10-11-12(3)14(6-2)13(4)15/h5-11H,1-2,15H2,3-4H3/b8-7-,10-9-,12-11+,14-13-. The van der Waals surface area contributed by atoms with Gasteiger partial charge in [-0.15, -0.1) is 0 Å². The Balaban J connectivity index is 4.63. The highest BCUT2D eigenvalue weighted by molar-refractivity contribution is 5.41. The van der Waals surface area contributed by atoms with Crippen molar-refractivity contribution in [2.24, 2.45) is 5.73 Å². The van der Waals surface area contributed by atoms with E-state index in [9.17, 15) is 0 Å². The summed E-state index contributed by atoms with van der Waals surface area (Å²) < 4.78 is 0. The molecule has 0 aromatic heterocycles. The second-order valence-corrected chi connectivity index (χ2v) is 3.16. The molecule has 0 bridgehead atoms. The summed E-state index contributed by atoms with van der Waals surface area (Å²) >= 11 is 0. The summed E-state index contributed by atoms with van der Waals surface area (Å²) in [5.41, 5.74) is 8.60. The first kappa shape index (κ1) is 13.2. The van der Waals surface area contributed by atoms with E-state index in [1.54, 1.807) is 12.2 Å². The van der Waals surface area contributed by atoms with Crippen LogP contribution in [0, 0.1) is 0 Å². The van der Waals surface area contributed by atoms with Crippen molar-refractivity contribution in [1.29, 1.82) is 0 Å². The fraction of sp³-hybridized carbons (Fsp3) is 0.143. The Morgan fingerprint density at radius 2 is 1.60 bits per heavy atom.